The Bertz CT molecular complexity index is 584. The van der Waals surface area contributed by atoms with Crippen molar-refractivity contribution >= 4 is 18.9 Å². The molecule has 7 heteroatoms. The Morgan fingerprint density at radius 3 is 3.00 bits per heavy atom. The summed E-state index contributed by atoms with van der Waals surface area (Å²) in [6.45, 7) is 2.52. The topological polar surface area (TPSA) is 85.2 Å². The lowest BCUT2D eigenvalue weighted by molar-refractivity contribution is -0.170. The third-order valence-corrected chi connectivity index (χ3v) is 4.04. The van der Waals surface area contributed by atoms with E-state index in [0.29, 0.717) is 17.9 Å². The largest absolute Gasteiger partial charge is 0.481 e. The van der Waals surface area contributed by atoms with E-state index in [2.05, 4.69) is 0 Å². The second kappa shape index (κ2) is 5.91. The average molecular weight is 306 g/mol. The lowest BCUT2D eigenvalue weighted by Gasteiger charge is -2.26. The molecular formula is C15H19BO6. The number of aliphatic hydroxyl groups is 1. The van der Waals surface area contributed by atoms with E-state index in [0.717, 1.165) is 30.3 Å². The van der Waals surface area contributed by atoms with Gasteiger partial charge in [0, 0.05) is 12.0 Å². The molecule has 118 valence electrons. The summed E-state index contributed by atoms with van der Waals surface area (Å²) in [6.07, 6.45) is 2.27. The Labute approximate surface area is 129 Å². The van der Waals surface area contributed by atoms with Crippen molar-refractivity contribution < 1.29 is 29.1 Å². The standard InChI is InChI=1S/C15H19BO6/c1-9-6-10(21-13-4-2-3-5-20-13)7-11-14(9)15(19,22-16-11)8-12(17)18/h6-7,13,16,19H,2-5,8H2,1H3,(H,17,18). The monoisotopic (exact) mass is 306 g/mol. The third kappa shape index (κ3) is 2.97. The fourth-order valence-electron chi connectivity index (χ4n) is 3.13. The van der Waals surface area contributed by atoms with Crippen molar-refractivity contribution in [2.24, 2.45) is 0 Å². The summed E-state index contributed by atoms with van der Waals surface area (Å²) in [5, 5.41) is 19.4. The molecule has 6 nitrogen and oxygen atoms in total. The van der Waals surface area contributed by atoms with Crippen molar-refractivity contribution in [2.45, 2.75) is 44.7 Å². The van der Waals surface area contributed by atoms with Crippen LogP contribution in [0.25, 0.3) is 0 Å². The second-order valence-electron chi connectivity index (χ2n) is 5.83. The highest BCUT2D eigenvalue weighted by atomic mass is 16.7. The van der Waals surface area contributed by atoms with Crippen molar-refractivity contribution in [1.29, 1.82) is 0 Å². The molecule has 0 bridgehead atoms. The van der Waals surface area contributed by atoms with Crippen LogP contribution in [0.4, 0.5) is 0 Å². The molecule has 1 aromatic carbocycles. The highest BCUT2D eigenvalue weighted by molar-refractivity contribution is 6.49. The number of ether oxygens (including phenoxy) is 2. The van der Waals surface area contributed by atoms with Crippen LogP contribution in [0.5, 0.6) is 5.75 Å². The summed E-state index contributed by atoms with van der Waals surface area (Å²) < 4.78 is 16.7. The first-order valence-electron chi connectivity index (χ1n) is 7.48. The molecule has 2 aliphatic heterocycles. The lowest BCUT2D eigenvalue weighted by Crippen LogP contribution is -2.30. The fourth-order valence-corrected chi connectivity index (χ4v) is 3.13. The maximum atomic E-state index is 10.9. The van der Waals surface area contributed by atoms with E-state index in [-0.39, 0.29) is 13.8 Å². The number of carbonyl (C=O) groups is 1. The molecule has 2 aliphatic rings. The first-order valence-corrected chi connectivity index (χ1v) is 7.48. The molecule has 0 aromatic heterocycles. The smallest absolute Gasteiger partial charge is 0.313 e. The lowest BCUT2D eigenvalue weighted by atomic mass is 9.83. The molecular weight excluding hydrogens is 287 g/mol. The van der Waals surface area contributed by atoms with Gasteiger partial charge < -0.3 is 24.3 Å². The minimum atomic E-state index is -1.76. The summed E-state index contributed by atoms with van der Waals surface area (Å²) in [7, 11) is 0.169. The summed E-state index contributed by atoms with van der Waals surface area (Å²) >= 11 is 0. The predicted molar refractivity (Wildman–Crippen MR) is 79.4 cm³/mol. The molecule has 1 aromatic rings. The highest BCUT2D eigenvalue weighted by Gasteiger charge is 2.42. The van der Waals surface area contributed by atoms with Crippen molar-refractivity contribution in [3.05, 3.63) is 23.3 Å². The number of aliphatic carboxylic acids is 1. The van der Waals surface area contributed by atoms with Gasteiger partial charge in [0.2, 0.25) is 0 Å². The zero-order chi connectivity index (χ0) is 15.7. The number of hydrogen-bond acceptors (Lipinski definition) is 5. The molecule has 0 spiro atoms. The molecule has 0 saturated carbocycles. The van der Waals surface area contributed by atoms with Gasteiger partial charge in [-0.25, -0.2) is 0 Å². The van der Waals surface area contributed by atoms with E-state index in [4.69, 9.17) is 19.2 Å². The second-order valence-corrected chi connectivity index (χ2v) is 5.83. The zero-order valence-corrected chi connectivity index (χ0v) is 12.5. The summed E-state index contributed by atoms with van der Waals surface area (Å²) in [5.41, 5.74) is 2.05. The van der Waals surface area contributed by atoms with Crippen molar-refractivity contribution in [3.63, 3.8) is 0 Å². The predicted octanol–water partition coefficient (Wildman–Crippen LogP) is 0.527. The third-order valence-electron chi connectivity index (χ3n) is 4.04. The van der Waals surface area contributed by atoms with Crippen LogP contribution < -0.4 is 10.2 Å². The van der Waals surface area contributed by atoms with Gasteiger partial charge in [-0.1, -0.05) is 0 Å². The van der Waals surface area contributed by atoms with E-state index in [1.165, 1.54) is 0 Å². The van der Waals surface area contributed by atoms with Gasteiger partial charge in [0.1, 0.15) is 12.2 Å². The number of benzene rings is 1. The molecule has 0 amide bonds. The van der Waals surface area contributed by atoms with Crippen molar-refractivity contribution in [3.8, 4) is 5.75 Å². The number of fused-ring (bicyclic) bond motifs is 1. The van der Waals surface area contributed by atoms with E-state index < -0.39 is 18.2 Å². The fraction of sp³-hybridized carbons (Fsp3) is 0.533. The first-order chi connectivity index (χ1) is 10.5. The summed E-state index contributed by atoms with van der Waals surface area (Å²) in [6, 6.07) is 3.58. The number of carboxylic acids is 1. The normalized spacial score (nSPS) is 27.1. The highest BCUT2D eigenvalue weighted by Crippen LogP contribution is 2.34. The molecule has 2 N–H and O–H groups in total. The van der Waals surface area contributed by atoms with Crippen LogP contribution in [0.1, 0.15) is 36.8 Å². The van der Waals surface area contributed by atoms with Crippen LogP contribution in [0, 0.1) is 6.92 Å². The SMILES string of the molecule is Cc1cc(OC2CCCCO2)cc2c1C(O)(CC(=O)O)OB2. The van der Waals surface area contributed by atoms with Crippen molar-refractivity contribution in [2.75, 3.05) is 6.61 Å². The van der Waals surface area contributed by atoms with Gasteiger partial charge >= 0.3 is 13.5 Å². The van der Waals surface area contributed by atoms with Gasteiger partial charge in [-0.05, 0) is 42.9 Å². The molecule has 0 radical (unpaired) electrons. The van der Waals surface area contributed by atoms with Gasteiger partial charge in [-0.15, -0.1) is 0 Å². The molecule has 2 heterocycles. The quantitative estimate of drug-likeness (QED) is 0.789. The molecule has 1 saturated heterocycles. The first kappa shape index (κ1) is 15.3. The molecule has 22 heavy (non-hydrogen) atoms. The van der Waals surface area contributed by atoms with Crippen LogP contribution >= 0.6 is 0 Å². The Kier molecular flexibility index (Phi) is 4.12. The maximum absolute atomic E-state index is 10.9. The molecule has 2 atom stereocenters. The maximum Gasteiger partial charge on any atom is 0.313 e. The van der Waals surface area contributed by atoms with Gasteiger partial charge in [-0.2, -0.15) is 0 Å². The number of carboxylic acid groups (broad SMARTS) is 1. The van der Waals surface area contributed by atoms with E-state index in [1.807, 2.05) is 6.92 Å². The molecule has 0 aliphatic carbocycles. The minimum absolute atomic E-state index is 0.169. The van der Waals surface area contributed by atoms with E-state index in [1.54, 1.807) is 12.1 Å². The summed E-state index contributed by atoms with van der Waals surface area (Å²) in [5.74, 6) is -2.21. The number of rotatable bonds is 4. The molecule has 3 rings (SSSR count). The van der Waals surface area contributed by atoms with Crippen LogP contribution in [0.2, 0.25) is 0 Å². The van der Waals surface area contributed by atoms with Gasteiger partial charge in [0.05, 0.1) is 6.61 Å². The number of hydrogen-bond donors (Lipinski definition) is 2. The van der Waals surface area contributed by atoms with Crippen molar-refractivity contribution in [1.82, 2.24) is 0 Å². The average Bonchev–Trinajstić information content (AvgIpc) is 2.76. The van der Waals surface area contributed by atoms with E-state index in [9.17, 15) is 9.90 Å². The minimum Gasteiger partial charge on any atom is -0.481 e. The Morgan fingerprint density at radius 2 is 2.32 bits per heavy atom. The van der Waals surface area contributed by atoms with E-state index >= 15 is 0 Å². The zero-order valence-electron chi connectivity index (χ0n) is 12.5. The Balaban J connectivity index is 1.83. The Hall–Kier alpha value is -1.57. The van der Waals surface area contributed by atoms with Crippen LogP contribution in [0.15, 0.2) is 12.1 Å². The van der Waals surface area contributed by atoms with Gasteiger partial charge in [-0.3, -0.25) is 4.79 Å². The summed E-state index contributed by atoms with van der Waals surface area (Å²) in [4.78, 5) is 10.9. The van der Waals surface area contributed by atoms with Crippen LogP contribution in [-0.4, -0.2) is 36.6 Å². The molecule has 1 fully saturated rings. The van der Waals surface area contributed by atoms with Crippen LogP contribution in [-0.2, 0) is 20.0 Å². The van der Waals surface area contributed by atoms with Crippen LogP contribution in [0.3, 0.4) is 0 Å². The Morgan fingerprint density at radius 1 is 1.50 bits per heavy atom. The molecule has 2 unspecified atom stereocenters. The van der Waals surface area contributed by atoms with Gasteiger partial charge in [0.15, 0.2) is 12.1 Å². The number of aryl methyl sites for hydroxylation is 1. The van der Waals surface area contributed by atoms with Gasteiger partial charge in [0.25, 0.3) is 0 Å².